The fourth-order valence-corrected chi connectivity index (χ4v) is 2.01. The first-order chi connectivity index (χ1) is 10.0. The van der Waals surface area contributed by atoms with Gasteiger partial charge in [-0.2, -0.15) is 0 Å². The van der Waals surface area contributed by atoms with Crippen LogP contribution < -0.4 is 0 Å². The van der Waals surface area contributed by atoms with Crippen LogP contribution in [0.3, 0.4) is 0 Å². The van der Waals surface area contributed by atoms with E-state index in [1.807, 2.05) is 6.07 Å². The first-order valence-electron chi connectivity index (χ1n) is 6.41. The van der Waals surface area contributed by atoms with Gasteiger partial charge in [-0.15, -0.1) is 0 Å². The molecule has 1 heterocycles. The first kappa shape index (κ1) is 14.7. The van der Waals surface area contributed by atoms with Gasteiger partial charge in [0.05, 0.1) is 0 Å². The Labute approximate surface area is 122 Å². The second-order valence-corrected chi connectivity index (χ2v) is 4.38. The Hall–Kier alpha value is -2.69. The number of aromatic nitrogens is 1. The van der Waals surface area contributed by atoms with Crippen molar-refractivity contribution in [1.82, 2.24) is 4.98 Å². The van der Waals surface area contributed by atoms with Gasteiger partial charge < -0.3 is 9.47 Å². The van der Waals surface area contributed by atoms with Crippen LogP contribution in [0.4, 0.5) is 0 Å². The zero-order valence-electron chi connectivity index (χ0n) is 11.8. The topological polar surface area (TPSA) is 65.5 Å². The minimum atomic E-state index is -1.68. The van der Waals surface area contributed by atoms with Gasteiger partial charge in [-0.3, -0.25) is 14.6 Å². The van der Waals surface area contributed by atoms with Crippen molar-refractivity contribution >= 4 is 11.9 Å². The second kappa shape index (κ2) is 6.17. The van der Waals surface area contributed by atoms with Gasteiger partial charge >= 0.3 is 17.7 Å². The van der Waals surface area contributed by atoms with E-state index in [4.69, 9.17) is 9.47 Å². The smallest absolute Gasteiger partial charge is 0.327 e. The van der Waals surface area contributed by atoms with E-state index < -0.39 is 17.7 Å². The highest BCUT2D eigenvalue weighted by molar-refractivity contribution is 5.70. The predicted octanol–water partition coefficient (Wildman–Crippen LogP) is 2.41. The van der Waals surface area contributed by atoms with Crippen LogP contribution in [-0.4, -0.2) is 16.9 Å². The minimum Gasteiger partial charge on any atom is -0.412 e. The Balaban J connectivity index is 2.64. The van der Waals surface area contributed by atoms with Crippen LogP contribution in [0.1, 0.15) is 25.1 Å². The highest BCUT2D eigenvalue weighted by Gasteiger charge is 2.43. The third kappa shape index (κ3) is 3.25. The van der Waals surface area contributed by atoms with Crippen molar-refractivity contribution in [2.75, 3.05) is 0 Å². The number of rotatable bonds is 4. The number of carbonyl (C=O) groups excluding carboxylic acids is 2. The average molecular weight is 285 g/mol. The summed E-state index contributed by atoms with van der Waals surface area (Å²) in [6.07, 6.45) is 1.54. The highest BCUT2D eigenvalue weighted by Crippen LogP contribution is 2.34. The Morgan fingerprint density at radius 1 is 0.905 bits per heavy atom. The number of esters is 2. The van der Waals surface area contributed by atoms with Crippen molar-refractivity contribution < 1.29 is 19.1 Å². The van der Waals surface area contributed by atoms with Gasteiger partial charge in [0.2, 0.25) is 0 Å². The predicted molar refractivity (Wildman–Crippen MR) is 75.0 cm³/mol. The molecule has 0 fully saturated rings. The summed E-state index contributed by atoms with van der Waals surface area (Å²) in [4.78, 5) is 27.3. The van der Waals surface area contributed by atoms with Crippen LogP contribution in [0.25, 0.3) is 0 Å². The molecule has 0 atom stereocenters. The summed E-state index contributed by atoms with van der Waals surface area (Å²) in [6.45, 7) is 2.51. The molecule has 0 unspecified atom stereocenters. The lowest BCUT2D eigenvalue weighted by Crippen LogP contribution is -2.38. The van der Waals surface area contributed by atoms with Crippen molar-refractivity contribution in [3.8, 4) is 0 Å². The molecule has 0 bridgehead atoms. The van der Waals surface area contributed by atoms with Crippen molar-refractivity contribution in [1.29, 1.82) is 0 Å². The maximum atomic E-state index is 11.5. The van der Waals surface area contributed by atoms with E-state index in [2.05, 4.69) is 4.98 Å². The zero-order chi connectivity index (χ0) is 15.3. The molecular formula is C16H15NO4. The summed E-state index contributed by atoms with van der Waals surface area (Å²) < 4.78 is 10.8. The molecule has 0 amide bonds. The van der Waals surface area contributed by atoms with Crippen LogP contribution in [-0.2, 0) is 24.8 Å². The molecule has 0 N–H and O–H groups in total. The molecule has 0 saturated carbocycles. The van der Waals surface area contributed by atoms with Gasteiger partial charge in [-0.05, 0) is 12.1 Å². The summed E-state index contributed by atoms with van der Waals surface area (Å²) in [5.74, 6) is -2.84. The largest absolute Gasteiger partial charge is 0.412 e. The van der Waals surface area contributed by atoms with Crippen molar-refractivity contribution in [2.24, 2.45) is 0 Å². The molecule has 0 radical (unpaired) electrons. The number of nitrogens with zero attached hydrogens (tertiary/aromatic N) is 1. The van der Waals surface area contributed by atoms with Crippen LogP contribution in [0, 0.1) is 0 Å². The Bertz CT molecular complexity index is 568. The van der Waals surface area contributed by atoms with Gasteiger partial charge in [0.25, 0.3) is 0 Å². The maximum Gasteiger partial charge on any atom is 0.327 e. The maximum absolute atomic E-state index is 11.5. The minimum absolute atomic E-state index is 0.321. The average Bonchev–Trinajstić information content (AvgIpc) is 2.47. The molecule has 0 aliphatic heterocycles. The molecule has 0 spiro atoms. The summed E-state index contributed by atoms with van der Waals surface area (Å²) in [5, 5.41) is 0. The van der Waals surface area contributed by atoms with E-state index in [9.17, 15) is 9.59 Å². The lowest BCUT2D eigenvalue weighted by atomic mass is 10.0. The zero-order valence-corrected chi connectivity index (χ0v) is 11.8. The monoisotopic (exact) mass is 285 g/mol. The van der Waals surface area contributed by atoms with Crippen molar-refractivity contribution in [2.45, 2.75) is 19.6 Å². The Kier molecular flexibility index (Phi) is 4.33. The normalized spacial score (nSPS) is 10.8. The number of hydrogen-bond acceptors (Lipinski definition) is 5. The van der Waals surface area contributed by atoms with Crippen LogP contribution in [0.15, 0.2) is 54.7 Å². The lowest BCUT2D eigenvalue weighted by molar-refractivity contribution is -0.217. The van der Waals surface area contributed by atoms with Crippen LogP contribution >= 0.6 is 0 Å². The molecule has 2 rings (SSSR count). The number of carbonyl (C=O) groups is 2. The molecule has 2 aromatic rings. The van der Waals surface area contributed by atoms with E-state index in [0.29, 0.717) is 11.3 Å². The molecule has 1 aromatic carbocycles. The highest BCUT2D eigenvalue weighted by atomic mass is 16.7. The van der Waals surface area contributed by atoms with Gasteiger partial charge in [-0.1, -0.05) is 36.4 Å². The molecular weight excluding hydrogens is 270 g/mol. The number of hydrogen-bond donors (Lipinski definition) is 0. The van der Waals surface area contributed by atoms with Crippen LogP contribution in [0.2, 0.25) is 0 Å². The van der Waals surface area contributed by atoms with Gasteiger partial charge in [-0.25, -0.2) is 0 Å². The summed E-state index contributed by atoms with van der Waals surface area (Å²) >= 11 is 0. The first-order valence-corrected chi connectivity index (χ1v) is 6.41. The SMILES string of the molecule is CC(=O)OC(OC(C)=O)(c1ccccc1)c1ccccn1. The van der Waals surface area contributed by atoms with E-state index in [1.165, 1.54) is 13.8 Å². The Morgan fingerprint density at radius 2 is 1.48 bits per heavy atom. The number of ether oxygens (including phenoxy) is 2. The summed E-state index contributed by atoms with van der Waals surface area (Å²) in [5.41, 5.74) is 0.829. The fourth-order valence-electron chi connectivity index (χ4n) is 2.01. The molecule has 0 aliphatic rings. The summed E-state index contributed by atoms with van der Waals surface area (Å²) in [7, 11) is 0. The van der Waals surface area contributed by atoms with E-state index in [0.717, 1.165) is 0 Å². The number of pyridine rings is 1. The standard InChI is InChI=1S/C16H15NO4/c1-12(18)20-16(21-13(2)19,14-8-4-3-5-9-14)15-10-6-7-11-17-15/h3-11H,1-2H3. The second-order valence-electron chi connectivity index (χ2n) is 4.38. The number of benzene rings is 1. The van der Waals surface area contributed by atoms with Crippen molar-refractivity contribution in [3.05, 3.63) is 66.0 Å². The van der Waals surface area contributed by atoms with E-state index >= 15 is 0 Å². The van der Waals surface area contributed by atoms with Gasteiger partial charge in [0.15, 0.2) is 0 Å². The van der Waals surface area contributed by atoms with Gasteiger partial charge in [0, 0.05) is 25.6 Å². The molecule has 5 heteroatoms. The third-order valence-electron chi connectivity index (χ3n) is 2.73. The van der Waals surface area contributed by atoms with Crippen LogP contribution in [0.5, 0.6) is 0 Å². The molecule has 1 aromatic heterocycles. The molecule has 5 nitrogen and oxygen atoms in total. The third-order valence-corrected chi connectivity index (χ3v) is 2.73. The molecule has 108 valence electrons. The van der Waals surface area contributed by atoms with Crippen molar-refractivity contribution in [3.63, 3.8) is 0 Å². The fraction of sp³-hybridized carbons (Fsp3) is 0.188. The molecule has 21 heavy (non-hydrogen) atoms. The Morgan fingerprint density at radius 3 is 1.95 bits per heavy atom. The molecule has 0 aliphatic carbocycles. The quantitative estimate of drug-likeness (QED) is 0.637. The lowest BCUT2D eigenvalue weighted by Gasteiger charge is -2.31. The van der Waals surface area contributed by atoms with Gasteiger partial charge in [0.1, 0.15) is 5.69 Å². The molecule has 0 saturated heterocycles. The summed E-state index contributed by atoms with van der Waals surface area (Å²) in [6, 6.07) is 13.8. The van der Waals surface area contributed by atoms with E-state index in [-0.39, 0.29) is 0 Å². The van der Waals surface area contributed by atoms with E-state index in [1.54, 1.807) is 48.7 Å².